The summed E-state index contributed by atoms with van der Waals surface area (Å²) in [5, 5.41) is 2.67. The molecule has 0 aromatic carbocycles. The number of nitrogens with zero attached hydrogens (tertiary/aromatic N) is 5. The van der Waals surface area contributed by atoms with Gasteiger partial charge in [-0.15, -0.1) is 0 Å². The lowest BCUT2D eigenvalue weighted by Crippen LogP contribution is -2.51. The van der Waals surface area contributed by atoms with Gasteiger partial charge in [0.1, 0.15) is 0 Å². The van der Waals surface area contributed by atoms with E-state index in [1.165, 1.54) is 7.11 Å². The van der Waals surface area contributed by atoms with Crippen LogP contribution in [0.4, 0.5) is 22.0 Å². The van der Waals surface area contributed by atoms with Crippen molar-refractivity contribution in [1.82, 2.24) is 15.0 Å². The quantitative estimate of drug-likeness (QED) is 0.885. The molecule has 27 heavy (non-hydrogen) atoms. The number of methoxy groups -OCH3 is 1. The summed E-state index contributed by atoms with van der Waals surface area (Å²) in [6, 6.07) is 2.49. The lowest BCUT2D eigenvalue weighted by Gasteiger charge is -2.44. The van der Waals surface area contributed by atoms with Crippen LogP contribution in [0.15, 0.2) is 24.7 Å². The zero-order valence-electron chi connectivity index (χ0n) is 16.4. The molecule has 0 bridgehead atoms. The van der Waals surface area contributed by atoms with Crippen molar-refractivity contribution in [2.75, 3.05) is 35.8 Å². The van der Waals surface area contributed by atoms with Crippen molar-refractivity contribution in [1.29, 1.82) is 0 Å². The Bertz CT molecular complexity index is 826. The molecule has 1 unspecified atom stereocenters. The first-order valence-corrected chi connectivity index (χ1v) is 9.12. The van der Waals surface area contributed by atoms with Crippen LogP contribution in [0.3, 0.4) is 0 Å². The number of carbonyl (C=O) groups is 1. The minimum absolute atomic E-state index is 0.315. The van der Waals surface area contributed by atoms with Crippen molar-refractivity contribution >= 4 is 23.3 Å². The van der Waals surface area contributed by atoms with E-state index in [2.05, 4.69) is 52.9 Å². The van der Waals surface area contributed by atoms with Gasteiger partial charge in [0.25, 0.3) is 0 Å². The molecule has 0 aliphatic carbocycles. The van der Waals surface area contributed by atoms with E-state index in [1.54, 1.807) is 18.5 Å². The Hall–Kier alpha value is -2.90. The predicted molar refractivity (Wildman–Crippen MR) is 106 cm³/mol. The molecule has 0 fully saturated rings. The largest absolute Gasteiger partial charge is 0.453 e. The number of aromatic nitrogens is 3. The van der Waals surface area contributed by atoms with Crippen molar-refractivity contribution < 1.29 is 9.53 Å². The number of hydrogen-bond acceptors (Lipinski definition) is 7. The van der Waals surface area contributed by atoms with Crippen molar-refractivity contribution in [3.8, 4) is 11.4 Å². The van der Waals surface area contributed by atoms with Crippen LogP contribution in [0.2, 0.25) is 0 Å². The maximum Gasteiger partial charge on any atom is 0.411 e. The summed E-state index contributed by atoms with van der Waals surface area (Å²) in [5.74, 6) is 1.45. The third kappa shape index (κ3) is 3.65. The Kier molecular flexibility index (Phi) is 5.43. The second-order valence-corrected chi connectivity index (χ2v) is 6.88. The van der Waals surface area contributed by atoms with E-state index in [4.69, 9.17) is 9.72 Å². The molecule has 0 saturated heterocycles. The van der Waals surface area contributed by atoms with E-state index in [-0.39, 0.29) is 0 Å². The molecule has 144 valence electrons. The zero-order valence-corrected chi connectivity index (χ0v) is 16.4. The molecule has 1 N–H and O–H groups in total. The fourth-order valence-corrected chi connectivity index (χ4v) is 3.47. The van der Waals surface area contributed by atoms with E-state index < -0.39 is 6.09 Å². The van der Waals surface area contributed by atoms with Gasteiger partial charge >= 0.3 is 6.09 Å². The highest BCUT2D eigenvalue weighted by molar-refractivity contribution is 5.90. The highest BCUT2D eigenvalue weighted by atomic mass is 16.5. The topological polar surface area (TPSA) is 83.5 Å². The highest BCUT2D eigenvalue weighted by Crippen LogP contribution is 2.37. The van der Waals surface area contributed by atoms with Crippen LogP contribution in [-0.2, 0) is 4.74 Å². The van der Waals surface area contributed by atoms with Crippen molar-refractivity contribution in [2.45, 2.75) is 39.3 Å². The highest BCUT2D eigenvalue weighted by Gasteiger charge is 2.32. The average molecular weight is 370 g/mol. The summed E-state index contributed by atoms with van der Waals surface area (Å²) in [7, 11) is 3.39. The fraction of sp³-hybridized carbons (Fsp3) is 0.474. The normalized spacial score (nSPS) is 16.3. The van der Waals surface area contributed by atoms with Gasteiger partial charge in [0.2, 0.25) is 0 Å². The molecule has 1 aliphatic heterocycles. The number of likely N-dealkylation sites (N-methyl/N-ethyl adjacent to an activating group) is 1. The molecular formula is C19H26N6O2. The van der Waals surface area contributed by atoms with Crippen molar-refractivity contribution in [3.05, 3.63) is 24.7 Å². The summed E-state index contributed by atoms with van der Waals surface area (Å²) in [5.41, 5.74) is 2.22. The van der Waals surface area contributed by atoms with Gasteiger partial charge in [-0.2, -0.15) is 0 Å². The predicted octanol–water partition coefficient (Wildman–Crippen LogP) is 3.16. The first-order chi connectivity index (χ1) is 13.0. The third-order valence-corrected chi connectivity index (χ3v) is 4.80. The van der Waals surface area contributed by atoms with Crippen LogP contribution in [0, 0.1) is 0 Å². The van der Waals surface area contributed by atoms with Crippen LogP contribution in [0.5, 0.6) is 0 Å². The lowest BCUT2D eigenvalue weighted by atomic mass is 10.1. The second-order valence-electron chi connectivity index (χ2n) is 6.88. The van der Waals surface area contributed by atoms with Gasteiger partial charge < -0.3 is 14.5 Å². The third-order valence-electron chi connectivity index (χ3n) is 4.80. The van der Waals surface area contributed by atoms with E-state index >= 15 is 0 Å². The number of rotatable bonds is 4. The van der Waals surface area contributed by atoms with E-state index in [0.717, 1.165) is 24.5 Å². The minimum Gasteiger partial charge on any atom is -0.453 e. The van der Waals surface area contributed by atoms with E-state index in [1.807, 2.05) is 6.20 Å². The number of amides is 1. The molecular weight excluding hydrogens is 344 g/mol. The van der Waals surface area contributed by atoms with Gasteiger partial charge in [-0.25, -0.2) is 14.8 Å². The molecule has 1 atom stereocenters. The standard InChI is InChI=1S/C19H26N6O2/c1-6-13-11-24(4)16-10-21-17(23-18(16)25(13)12(2)3)14-7-8-20-9-15(14)22-19(26)27-5/h7-10,12-13H,6,11H2,1-5H3,(H,22,26). The molecule has 3 rings (SSSR count). The number of hydrogen-bond donors (Lipinski definition) is 1. The zero-order chi connectivity index (χ0) is 19.6. The maximum atomic E-state index is 11.6. The van der Waals surface area contributed by atoms with Crippen LogP contribution in [0.1, 0.15) is 27.2 Å². The number of carbonyl (C=O) groups excluding carboxylic acids is 1. The van der Waals surface area contributed by atoms with E-state index in [0.29, 0.717) is 29.2 Å². The Morgan fingerprint density at radius 3 is 2.85 bits per heavy atom. The van der Waals surface area contributed by atoms with E-state index in [9.17, 15) is 4.79 Å². The molecule has 2 aromatic heterocycles. The number of anilines is 3. The first-order valence-electron chi connectivity index (χ1n) is 9.12. The maximum absolute atomic E-state index is 11.6. The number of pyridine rings is 1. The Labute approximate surface area is 159 Å². The van der Waals surface area contributed by atoms with Crippen molar-refractivity contribution in [2.24, 2.45) is 0 Å². The van der Waals surface area contributed by atoms with Crippen molar-refractivity contribution in [3.63, 3.8) is 0 Å². The van der Waals surface area contributed by atoms with Crippen LogP contribution in [0.25, 0.3) is 11.4 Å². The molecule has 2 aromatic rings. The van der Waals surface area contributed by atoms with Crippen LogP contribution >= 0.6 is 0 Å². The first kappa shape index (κ1) is 18.9. The average Bonchev–Trinajstić information content (AvgIpc) is 2.67. The molecule has 0 radical (unpaired) electrons. The second kappa shape index (κ2) is 7.77. The Morgan fingerprint density at radius 1 is 1.41 bits per heavy atom. The molecule has 0 spiro atoms. The Morgan fingerprint density at radius 2 is 2.19 bits per heavy atom. The summed E-state index contributed by atoms with van der Waals surface area (Å²) in [4.78, 5) is 29.7. The fourth-order valence-electron chi connectivity index (χ4n) is 3.47. The number of fused-ring (bicyclic) bond motifs is 1. The van der Waals surface area contributed by atoms with Gasteiger partial charge in [-0.05, 0) is 26.3 Å². The summed E-state index contributed by atoms with van der Waals surface area (Å²) in [6.45, 7) is 7.49. The SMILES string of the molecule is CCC1CN(C)c2cnc(-c3ccncc3NC(=O)OC)nc2N1C(C)C. The summed E-state index contributed by atoms with van der Waals surface area (Å²) < 4.78 is 4.69. The molecule has 8 nitrogen and oxygen atoms in total. The molecule has 1 aliphatic rings. The summed E-state index contributed by atoms with van der Waals surface area (Å²) in [6.07, 6.45) is 5.54. The molecule has 1 amide bonds. The molecule has 8 heteroatoms. The smallest absolute Gasteiger partial charge is 0.411 e. The van der Waals surface area contributed by atoms with Gasteiger partial charge in [-0.1, -0.05) is 6.92 Å². The van der Waals surface area contributed by atoms with Gasteiger partial charge in [0, 0.05) is 37.4 Å². The lowest BCUT2D eigenvalue weighted by molar-refractivity contribution is 0.187. The number of nitrogens with one attached hydrogen (secondary N) is 1. The number of ether oxygens (including phenoxy) is 1. The summed E-state index contributed by atoms with van der Waals surface area (Å²) >= 11 is 0. The van der Waals surface area contributed by atoms with Gasteiger partial charge in [-0.3, -0.25) is 10.3 Å². The van der Waals surface area contributed by atoms with Gasteiger partial charge in [0.15, 0.2) is 11.6 Å². The molecule has 0 saturated carbocycles. The minimum atomic E-state index is -0.559. The Balaban J connectivity index is 2.08. The monoisotopic (exact) mass is 370 g/mol. The molecule has 3 heterocycles. The van der Waals surface area contributed by atoms with Crippen LogP contribution in [-0.4, -0.2) is 53.8 Å². The van der Waals surface area contributed by atoms with Gasteiger partial charge in [0.05, 0.1) is 30.9 Å². The van der Waals surface area contributed by atoms with Crippen LogP contribution < -0.4 is 15.1 Å².